The number of aryl methyl sites for hydroxylation is 1. The molecular weight excluding hydrogens is 360 g/mol. The molecule has 2 aromatic carbocycles. The second-order valence-electron chi connectivity index (χ2n) is 7.84. The van der Waals surface area contributed by atoms with E-state index >= 15 is 0 Å². The number of ketones is 1. The van der Waals surface area contributed by atoms with Crippen LogP contribution in [-0.2, 0) is 20.2 Å². The van der Waals surface area contributed by atoms with Gasteiger partial charge in [0.1, 0.15) is 0 Å². The zero-order valence-electron chi connectivity index (χ0n) is 15.3. The van der Waals surface area contributed by atoms with Crippen LogP contribution in [0.1, 0.15) is 30.0 Å². The number of sulfonamides is 1. The predicted octanol–water partition coefficient (Wildman–Crippen LogP) is 2.79. The molecule has 1 aliphatic carbocycles. The van der Waals surface area contributed by atoms with Crippen LogP contribution < -0.4 is 0 Å². The third-order valence-corrected chi connectivity index (χ3v) is 7.85. The number of carbonyl (C=O) groups excluding carboxylic acids is 1. The van der Waals surface area contributed by atoms with E-state index in [1.165, 1.54) is 4.31 Å². The molecule has 6 heteroatoms. The summed E-state index contributed by atoms with van der Waals surface area (Å²) in [5.41, 5.74) is 1.34. The van der Waals surface area contributed by atoms with Crippen molar-refractivity contribution in [3.8, 4) is 6.07 Å². The first kappa shape index (κ1) is 17.9. The van der Waals surface area contributed by atoms with Crippen molar-refractivity contribution in [2.24, 2.45) is 5.41 Å². The number of nitrogens with zero attached hydrogens (tertiary/aromatic N) is 2. The molecule has 2 fully saturated rings. The van der Waals surface area contributed by atoms with Crippen LogP contribution in [0, 0.1) is 23.7 Å². The zero-order chi connectivity index (χ0) is 19.4. The van der Waals surface area contributed by atoms with E-state index in [1.54, 1.807) is 36.4 Å². The summed E-state index contributed by atoms with van der Waals surface area (Å²) in [4.78, 5) is 13.3. The van der Waals surface area contributed by atoms with Crippen LogP contribution in [0.3, 0.4) is 0 Å². The lowest BCUT2D eigenvalue weighted by atomic mass is 9.81. The Balaban J connectivity index is 1.66. The summed E-state index contributed by atoms with van der Waals surface area (Å²) < 4.78 is 27.3. The van der Waals surface area contributed by atoms with E-state index in [9.17, 15) is 13.2 Å². The number of fused-ring (bicyclic) bond motifs is 1. The van der Waals surface area contributed by atoms with Gasteiger partial charge in [0.15, 0.2) is 5.78 Å². The third-order valence-electron chi connectivity index (χ3n) is 6.05. The van der Waals surface area contributed by atoms with Crippen LogP contribution in [0.5, 0.6) is 0 Å². The lowest BCUT2D eigenvalue weighted by Gasteiger charge is -2.34. The number of benzene rings is 2. The number of carbonyl (C=O) groups is 1. The van der Waals surface area contributed by atoms with Gasteiger partial charge in [-0.2, -0.15) is 9.57 Å². The number of hydrogen-bond donors (Lipinski definition) is 0. The minimum atomic E-state index is -3.71. The van der Waals surface area contributed by atoms with Crippen molar-refractivity contribution in [2.75, 3.05) is 13.1 Å². The Bertz CT molecular complexity index is 1070. The Hall–Kier alpha value is -2.49. The van der Waals surface area contributed by atoms with E-state index < -0.39 is 20.9 Å². The van der Waals surface area contributed by atoms with Crippen molar-refractivity contribution < 1.29 is 13.2 Å². The number of nitriles is 1. The van der Waals surface area contributed by atoms with Gasteiger partial charge in [-0.25, -0.2) is 8.42 Å². The highest BCUT2D eigenvalue weighted by atomic mass is 32.2. The van der Waals surface area contributed by atoms with E-state index in [-0.39, 0.29) is 17.2 Å². The molecule has 1 heterocycles. The third kappa shape index (κ3) is 2.53. The topological polar surface area (TPSA) is 78.2 Å². The number of rotatable bonds is 3. The molecule has 138 valence electrons. The highest BCUT2D eigenvalue weighted by Crippen LogP contribution is 2.67. The molecule has 0 amide bonds. The van der Waals surface area contributed by atoms with Crippen LogP contribution >= 0.6 is 0 Å². The van der Waals surface area contributed by atoms with Crippen molar-refractivity contribution in [1.29, 1.82) is 5.26 Å². The van der Waals surface area contributed by atoms with Gasteiger partial charge in [0.05, 0.1) is 28.5 Å². The first-order valence-electron chi connectivity index (χ1n) is 8.84. The highest BCUT2D eigenvalue weighted by Gasteiger charge is 2.72. The van der Waals surface area contributed by atoms with Crippen LogP contribution in [0.25, 0.3) is 0 Å². The average Bonchev–Trinajstić information content (AvgIpc) is 3.30. The minimum Gasteiger partial charge on any atom is -0.297 e. The lowest BCUT2D eigenvalue weighted by Crippen LogP contribution is -2.49. The molecule has 27 heavy (non-hydrogen) atoms. The molecular formula is C21H20N2O3S. The summed E-state index contributed by atoms with van der Waals surface area (Å²) in [6, 6.07) is 15.9. The lowest BCUT2D eigenvalue weighted by molar-refractivity contribution is -0.124. The Kier molecular flexibility index (Phi) is 3.81. The van der Waals surface area contributed by atoms with Crippen molar-refractivity contribution >= 4 is 15.8 Å². The molecule has 1 saturated heterocycles. The number of hydrogen-bond acceptors (Lipinski definition) is 4. The van der Waals surface area contributed by atoms with E-state index in [0.717, 1.165) is 11.1 Å². The van der Waals surface area contributed by atoms with Gasteiger partial charge in [0, 0.05) is 6.54 Å². The van der Waals surface area contributed by atoms with Crippen molar-refractivity contribution in [1.82, 2.24) is 4.31 Å². The Morgan fingerprint density at radius 3 is 2.26 bits per heavy atom. The maximum atomic E-state index is 13.1. The van der Waals surface area contributed by atoms with Gasteiger partial charge >= 0.3 is 0 Å². The predicted molar refractivity (Wildman–Crippen MR) is 101 cm³/mol. The summed E-state index contributed by atoms with van der Waals surface area (Å²) in [6.45, 7) is 4.07. The fraction of sp³-hybridized carbons (Fsp3) is 0.333. The van der Waals surface area contributed by atoms with Crippen LogP contribution in [-0.4, -0.2) is 31.6 Å². The van der Waals surface area contributed by atoms with Crippen molar-refractivity contribution in [2.45, 2.75) is 30.6 Å². The maximum Gasteiger partial charge on any atom is 0.243 e. The maximum absolute atomic E-state index is 13.1. The quantitative estimate of drug-likeness (QED) is 0.820. The van der Waals surface area contributed by atoms with Gasteiger partial charge in [-0.15, -0.1) is 0 Å². The number of piperidine rings is 1. The second-order valence-corrected chi connectivity index (χ2v) is 9.78. The molecule has 0 spiro atoms. The van der Waals surface area contributed by atoms with Gasteiger partial charge in [0.2, 0.25) is 10.0 Å². The summed E-state index contributed by atoms with van der Waals surface area (Å²) in [5, 5.41) is 8.98. The highest BCUT2D eigenvalue weighted by molar-refractivity contribution is 7.89. The first-order valence-corrected chi connectivity index (χ1v) is 10.3. The molecule has 4 rings (SSSR count). The Morgan fingerprint density at radius 1 is 1.07 bits per heavy atom. The van der Waals surface area contributed by atoms with E-state index in [2.05, 4.69) is 6.07 Å². The molecule has 2 atom stereocenters. The molecule has 2 aromatic rings. The fourth-order valence-corrected chi connectivity index (χ4v) is 5.90. The fourth-order valence-electron chi connectivity index (χ4n) is 4.38. The van der Waals surface area contributed by atoms with Gasteiger partial charge in [0.25, 0.3) is 0 Å². The van der Waals surface area contributed by atoms with Gasteiger partial charge in [-0.3, -0.25) is 4.79 Å². The smallest absolute Gasteiger partial charge is 0.243 e. The largest absolute Gasteiger partial charge is 0.297 e. The van der Waals surface area contributed by atoms with Gasteiger partial charge in [-0.1, -0.05) is 36.8 Å². The molecule has 5 nitrogen and oxygen atoms in total. The Labute approximate surface area is 159 Å². The average molecular weight is 380 g/mol. The van der Waals surface area contributed by atoms with Crippen LogP contribution in [0.15, 0.2) is 53.4 Å². The standard InChI is InChI=1S/C21H20N2O3S/c1-15-3-9-18(10-4-15)27(25,26)23-12-19(24)21(13-20(21,2)14-23)17-7-5-16(11-22)6-8-17/h3-10H,12-14H2,1-2H3. The Morgan fingerprint density at radius 2 is 1.70 bits per heavy atom. The molecule has 0 bridgehead atoms. The normalized spacial score (nSPS) is 27.7. The van der Waals surface area contributed by atoms with Crippen LogP contribution in [0.2, 0.25) is 0 Å². The van der Waals surface area contributed by atoms with Gasteiger partial charge < -0.3 is 0 Å². The molecule has 0 aromatic heterocycles. The van der Waals surface area contributed by atoms with E-state index in [0.29, 0.717) is 18.5 Å². The SMILES string of the molecule is Cc1ccc(S(=O)(=O)N2CC(=O)C3(c4ccc(C#N)cc4)CC3(C)C2)cc1. The molecule has 2 unspecified atom stereocenters. The second kappa shape index (κ2) is 5.75. The summed E-state index contributed by atoms with van der Waals surface area (Å²) in [5.74, 6) is -0.0726. The first-order chi connectivity index (χ1) is 12.7. The molecule has 1 aliphatic heterocycles. The van der Waals surface area contributed by atoms with E-state index in [4.69, 9.17) is 5.26 Å². The summed E-state index contributed by atoms with van der Waals surface area (Å²) >= 11 is 0. The summed E-state index contributed by atoms with van der Waals surface area (Å²) in [6.07, 6.45) is 0.630. The molecule has 2 aliphatic rings. The molecule has 0 N–H and O–H groups in total. The molecule has 1 saturated carbocycles. The number of Topliss-reactive ketones (excluding diaryl/α,β-unsaturated/α-hetero) is 1. The van der Waals surface area contributed by atoms with Crippen molar-refractivity contribution in [3.05, 3.63) is 65.2 Å². The monoisotopic (exact) mass is 380 g/mol. The van der Waals surface area contributed by atoms with Crippen LogP contribution in [0.4, 0.5) is 0 Å². The summed E-state index contributed by atoms with van der Waals surface area (Å²) in [7, 11) is -3.71. The van der Waals surface area contributed by atoms with E-state index in [1.807, 2.05) is 26.0 Å². The van der Waals surface area contributed by atoms with Crippen molar-refractivity contribution in [3.63, 3.8) is 0 Å². The van der Waals surface area contributed by atoms with Gasteiger partial charge in [-0.05, 0) is 48.6 Å². The minimum absolute atomic E-state index is 0.0726. The zero-order valence-corrected chi connectivity index (χ0v) is 16.1. The molecule has 0 radical (unpaired) electrons.